The van der Waals surface area contributed by atoms with Gasteiger partial charge in [-0.1, -0.05) is 18.2 Å². The minimum Gasteiger partial charge on any atom is -0.493 e. The molecule has 1 aromatic carbocycles. The van der Waals surface area contributed by atoms with Crippen LogP contribution in [-0.2, 0) is 11.3 Å². The number of amides is 1. The van der Waals surface area contributed by atoms with Crippen LogP contribution in [0, 0.1) is 0 Å². The van der Waals surface area contributed by atoms with E-state index in [1.807, 2.05) is 30.3 Å². The normalized spacial score (nSPS) is 11.5. The lowest BCUT2D eigenvalue weighted by Crippen LogP contribution is -2.36. The first kappa shape index (κ1) is 14.8. The molecule has 1 atom stereocenters. The van der Waals surface area contributed by atoms with Crippen molar-refractivity contribution in [3.8, 4) is 11.5 Å². The van der Waals surface area contributed by atoms with Crippen LogP contribution in [0.5, 0.6) is 11.5 Å². The molecule has 0 spiro atoms. The van der Waals surface area contributed by atoms with Gasteiger partial charge in [0.05, 0.1) is 19.3 Å². The van der Waals surface area contributed by atoms with Crippen molar-refractivity contribution in [2.24, 2.45) is 0 Å². The topological polar surface area (TPSA) is 60.5 Å². The molecule has 1 heterocycles. The number of nitrogens with zero attached hydrogens (tertiary/aromatic N) is 1. The van der Waals surface area contributed by atoms with E-state index in [9.17, 15) is 4.79 Å². The third-order valence-corrected chi connectivity index (χ3v) is 2.91. The first-order valence-electron chi connectivity index (χ1n) is 6.68. The fourth-order valence-corrected chi connectivity index (χ4v) is 1.78. The van der Waals surface area contributed by atoms with Gasteiger partial charge >= 0.3 is 0 Å². The first-order chi connectivity index (χ1) is 10.2. The SMILES string of the molecule is COc1ccccc1O[C@H](C)C(=O)NCc1ccccn1. The summed E-state index contributed by atoms with van der Waals surface area (Å²) in [5.41, 5.74) is 0.801. The summed E-state index contributed by atoms with van der Waals surface area (Å²) in [5.74, 6) is 0.939. The average Bonchev–Trinajstić information content (AvgIpc) is 2.54. The number of nitrogens with one attached hydrogen (secondary N) is 1. The van der Waals surface area contributed by atoms with Gasteiger partial charge in [0.25, 0.3) is 5.91 Å². The second-order valence-electron chi connectivity index (χ2n) is 4.45. The molecule has 0 fully saturated rings. The van der Waals surface area contributed by atoms with Gasteiger partial charge in [-0.25, -0.2) is 0 Å². The molecule has 0 unspecified atom stereocenters. The van der Waals surface area contributed by atoms with Crippen molar-refractivity contribution in [1.82, 2.24) is 10.3 Å². The van der Waals surface area contributed by atoms with Crippen molar-refractivity contribution in [3.05, 3.63) is 54.4 Å². The van der Waals surface area contributed by atoms with Crippen molar-refractivity contribution in [2.45, 2.75) is 19.6 Å². The Morgan fingerprint density at radius 3 is 2.57 bits per heavy atom. The molecule has 0 aliphatic rings. The Morgan fingerprint density at radius 2 is 1.90 bits per heavy atom. The van der Waals surface area contributed by atoms with Gasteiger partial charge in [-0.2, -0.15) is 0 Å². The van der Waals surface area contributed by atoms with Crippen LogP contribution in [0.15, 0.2) is 48.7 Å². The number of aromatic nitrogens is 1. The second-order valence-corrected chi connectivity index (χ2v) is 4.45. The van der Waals surface area contributed by atoms with Gasteiger partial charge in [0, 0.05) is 6.20 Å². The lowest BCUT2D eigenvalue weighted by Gasteiger charge is -2.16. The predicted octanol–water partition coefficient (Wildman–Crippen LogP) is 2.17. The summed E-state index contributed by atoms with van der Waals surface area (Å²) in [7, 11) is 1.56. The van der Waals surface area contributed by atoms with E-state index in [4.69, 9.17) is 9.47 Å². The van der Waals surface area contributed by atoms with Crippen LogP contribution >= 0.6 is 0 Å². The molecule has 0 aliphatic carbocycles. The number of para-hydroxylation sites is 2. The molecule has 0 saturated heterocycles. The summed E-state index contributed by atoms with van der Waals surface area (Å²) < 4.78 is 10.8. The second kappa shape index (κ2) is 7.28. The Morgan fingerprint density at radius 1 is 1.19 bits per heavy atom. The van der Waals surface area contributed by atoms with E-state index in [-0.39, 0.29) is 5.91 Å². The molecule has 0 bridgehead atoms. The summed E-state index contributed by atoms with van der Waals surface area (Å²) in [6.07, 6.45) is 1.07. The molecule has 0 aliphatic heterocycles. The molecule has 1 amide bonds. The summed E-state index contributed by atoms with van der Waals surface area (Å²) in [6, 6.07) is 12.8. The highest BCUT2D eigenvalue weighted by atomic mass is 16.5. The maximum absolute atomic E-state index is 12.0. The van der Waals surface area contributed by atoms with Gasteiger partial charge in [0.1, 0.15) is 0 Å². The molecule has 1 N–H and O–H groups in total. The van der Waals surface area contributed by atoms with Crippen LogP contribution in [0.2, 0.25) is 0 Å². The zero-order chi connectivity index (χ0) is 15.1. The highest BCUT2D eigenvalue weighted by Crippen LogP contribution is 2.26. The van der Waals surface area contributed by atoms with Crippen molar-refractivity contribution in [1.29, 1.82) is 0 Å². The summed E-state index contributed by atoms with van der Waals surface area (Å²) >= 11 is 0. The van der Waals surface area contributed by atoms with Gasteiger partial charge in [-0.15, -0.1) is 0 Å². The third-order valence-electron chi connectivity index (χ3n) is 2.91. The van der Waals surface area contributed by atoms with Crippen LogP contribution in [0.3, 0.4) is 0 Å². The Kier molecular flexibility index (Phi) is 5.15. The number of methoxy groups -OCH3 is 1. The molecular weight excluding hydrogens is 268 g/mol. The lowest BCUT2D eigenvalue weighted by atomic mass is 10.3. The molecule has 110 valence electrons. The fraction of sp³-hybridized carbons (Fsp3) is 0.250. The fourth-order valence-electron chi connectivity index (χ4n) is 1.78. The zero-order valence-corrected chi connectivity index (χ0v) is 12.1. The van der Waals surface area contributed by atoms with Gasteiger partial charge < -0.3 is 14.8 Å². The Balaban J connectivity index is 1.90. The molecule has 5 heteroatoms. The van der Waals surface area contributed by atoms with Gasteiger partial charge in [-0.05, 0) is 31.2 Å². The number of carbonyl (C=O) groups excluding carboxylic acids is 1. The van der Waals surface area contributed by atoms with Gasteiger partial charge in [0.2, 0.25) is 0 Å². The average molecular weight is 286 g/mol. The maximum atomic E-state index is 12.0. The van der Waals surface area contributed by atoms with E-state index in [1.165, 1.54) is 0 Å². The minimum atomic E-state index is -0.620. The largest absolute Gasteiger partial charge is 0.493 e. The van der Waals surface area contributed by atoms with Crippen molar-refractivity contribution in [2.75, 3.05) is 7.11 Å². The van der Waals surface area contributed by atoms with E-state index in [0.29, 0.717) is 18.0 Å². The maximum Gasteiger partial charge on any atom is 0.261 e. The smallest absolute Gasteiger partial charge is 0.261 e. The molecule has 5 nitrogen and oxygen atoms in total. The summed E-state index contributed by atoms with van der Waals surface area (Å²) in [5, 5.41) is 2.79. The van der Waals surface area contributed by atoms with Gasteiger partial charge in [-0.3, -0.25) is 9.78 Å². The molecule has 21 heavy (non-hydrogen) atoms. The molecule has 0 saturated carbocycles. The lowest BCUT2D eigenvalue weighted by molar-refractivity contribution is -0.127. The third kappa shape index (κ3) is 4.21. The number of rotatable bonds is 6. The van der Waals surface area contributed by atoms with Crippen LogP contribution < -0.4 is 14.8 Å². The molecule has 1 aromatic heterocycles. The van der Waals surface area contributed by atoms with Crippen LogP contribution in [0.25, 0.3) is 0 Å². The quantitative estimate of drug-likeness (QED) is 0.884. The van der Waals surface area contributed by atoms with E-state index in [0.717, 1.165) is 5.69 Å². The number of ether oxygens (including phenoxy) is 2. The van der Waals surface area contributed by atoms with Crippen LogP contribution in [0.1, 0.15) is 12.6 Å². The standard InChI is InChI=1S/C16H18N2O3/c1-12(21-15-9-4-3-8-14(15)20-2)16(19)18-11-13-7-5-6-10-17-13/h3-10,12H,11H2,1-2H3,(H,18,19)/t12-/m1/s1. The number of benzene rings is 1. The highest BCUT2D eigenvalue weighted by Gasteiger charge is 2.16. The van der Waals surface area contributed by atoms with E-state index in [1.54, 1.807) is 32.4 Å². The molecule has 2 rings (SSSR count). The summed E-state index contributed by atoms with van der Waals surface area (Å²) in [4.78, 5) is 16.2. The first-order valence-corrected chi connectivity index (χ1v) is 6.68. The number of carbonyl (C=O) groups is 1. The molecular formula is C16H18N2O3. The monoisotopic (exact) mass is 286 g/mol. The Bertz CT molecular complexity index is 587. The number of pyridine rings is 1. The minimum absolute atomic E-state index is 0.202. The van der Waals surface area contributed by atoms with E-state index in [2.05, 4.69) is 10.3 Å². The Labute approximate surface area is 123 Å². The van der Waals surface area contributed by atoms with Crippen LogP contribution in [0.4, 0.5) is 0 Å². The summed E-state index contributed by atoms with van der Waals surface area (Å²) in [6.45, 7) is 2.07. The molecule has 0 radical (unpaired) electrons. The van der Waals surface area contributed by atoms with Crippen molar-refractivity contribution >= 4 is 5.91 Å². The van der Waals surface area contributed by atoms with Gasteiger partial charge in [0.15, 0.2) is 17.6 Å². The van der Waals surface area contributed by atoms with E-state index >= 15 is 0 Å². The highest BCUT2D eigenvalue weighted by molar-refractivity contribution is 5.80. The number of hydrogen-bond acceptors (Lipinski definition) is 4. The van der Waals surface area contributed by atoms with E-state index < -0.39 is 6.10 Å². The molecule has 2 aromatic rings. The zero-order valence-electron chi connectivity index (χ0n) is 12.1. The van der Waals surface area contributed by atoms with Crippen LogP contribution in [-0.4, -0.2) is 24.1 Å². The van der Waals surface area contributed by atoms with Crippen molar-refractivity contribution in [3.63, 3.8) is 0 Å². The number of hydrogen-bond donors (Lipinski definition) is 1. The Hall–Kier alpha value is -2.56. The van der Waals surface area contributed by atoms with Crippen molar-refractivity contribution < 1.29 is 14.3 Å². The predicted molar refractivity (Wildman–Crippen MR) is 79.2 cm³/mol.